The number of carbonyl (C=O) groups is 1. The molecule has 3 aromatic rings. The second kappa shape index (κ2) is 10.0. The van der Waals surface area contributed by atoms with Crippen molar-refractivity contribution >= 4 is 40.0 Å². The Bertz CT molecular complexity index is 1370. The quantitative estimate of drug-likeness (QED) is 0.468. The zero-order chi connectivity index (χ0) is 26.2. The topological polar surface area (TPSA) is 92.2 Å². The number of hydrogen-bond donors (Lipinski definition) is 2. The van der Waals surface area contributed by atoms with Crippen molar-refractivity contribution in [1.82, 2.24) is 19.9 Å². The number of hydrogen-bond acceptors (Lipinski definition) is 6. The van der Waals surface area contributed by atoms with Crippen molar-refractivity contribution in [2.75, 3.05) is 29.9 Å². The van der Waals surface area contributed by atoms with Crippen LogP contribution in [-0.4, -0.2) is 46.0 Å². The number of rotatable bonds is 6. The summed E-state index contributed by atoms with van der Waals surface area (Å²) >= 11 is 6.04. The lowest BCUT2D eigenvalue weighted by Gasteiger charge is -2.33. The van der Waals surface area contributed by atoms with E-state index in [0.717, 1.165) is 11.1 Å². The lowest BCUT2D eigenvalue weighted by molar-refractivity contribution is -0.0223. The maximum absolute atomic E-state index is 13.7. The zero-order valence-electron chi connectivity index (χ0n) is 20.7. The van der Waals surface area contributed by atoms with Gasteiger partial charge in [-0.25, -0.2) is 18.7 Å². The molecule has 36 heavy (non-hydrogen) atoms. The molecule has 1 fully saturated rings. The largest absolute Gasteiger partial charge is 0.377 e. The molecule has 2 N–H and O–H groups in total. The van der Waals surface area contributed by atoms with Crippen LogP contribution in [0.25, 0.3) is 10.9 Å². The Labute approximate surface area is 212 Å². The lowest BCUT2D eigenvalue weighted by Crippen LogP contribution is -2.42. The Balaban J connectivity index is 1.77. The van der Waals surface area contributed by atoms with Gasteiger partial charge in [0.25, 0.3) is 17.4 Å². The smallest absolute Gasteiger partial charge is 0.272 e. The molecule has 1 aliphatic heterocycles. The van der Waals surface area contributed by atoms with Crippen LogP contribution in [0.15, 0.2) is 29.1 Å². The Morgan fingerprint density at radius 2 is 1.92 bits per heavy atom. The molecule has 11 heteroatoms. The van der Waals surface area contributed by atoms with E-state index in [9.17, 15) is 18.4 Å². The standard InChI is InChI=1S/C25H29ClF2N6O2/c1-5-29-22(35)21-18(6-7-19(26)31-21)30-15(3)16-12-14(2)13-17-20(16)32-24(33(4)23(17)36)34-10-8-25(27,28)9-11-34/h6-7,12-13,15,30H,5,8-11H2,1-4H3,(H,29,35)/t15-/m1/s1. The van der Waals surface area contributed by atoms with Crippen LogP contribution in [0, 0.1) is 6.92 Å². The number of benzene rings is 1. The summed E-state index contributed by atoms with van der Waals surface area (Å²) in [5.41, 5.74) is 2.48. The number of halogens is 3. The summed E-state index contributed by atoms with van der Waals surface area (Å²) < 4.78 is 28.9. The zero-order valence-corrected chi connectivity index (χ0v) is 21.4. The normalized spacial score (nSPS) is 16.1. The molecule has 1 aromatic carbocycles. The molecular formula is C25H29ClF2N6O2. The first-order chi connectivity index (χ1) is 17.0. The molecule has 192 valence electrons. The number of nitrogens with one attached hydrogen (secondary N) is 2. The highest BCUT2D eigenvalue weighted by molar-refractivity contribution is 6.29. The molecule has 0 radical (unpaired) electrons. The summed E-state index contributed by atoms with van der Waals surface area (Å²) in [5, 5.41) is 6.67. The van der Waals surface area contributed by atoms with E-state index in [0.29, 0.717) is 29.1 Å². The Hall–Kier alpha value is -3.27. The number of aryl methyl sites for hydroxylation is 1. The molecule has 1 saturated heterocycles. The van der Waals surface area contributed by atoms with E-state index in [4.69, 9.17) is 16.6 Å². The van der Waals surface area contributed by atoms with Crippen LogP contribution in [0.3, 0.4) is 0 Å². The average Bonchev–Trinajstić information content (AvgIpc) is 2.82. The molecule has 1 amide bonds. The highest BCUT2D eigenvalue weighted by atomic mass is 35.5. The molecule has 8 nitrogen and oxygen atoms in total. The first kappa shape index (κ1) is 25.8. The fourth-order valence-electron chi connectivity index (χ4n) is 4.47. The summed E-state index contributed by atoms with van der Waals surface area (Å²) in [4.78, 5) is 36.6. The van der Waals surface area contributed by atoms with Crippen LogP contribution in [0.4, 0.5) is 20.4 Å². The third kappa shape index (κ3) is 5.13. The maximum Gasteiger partial charge on any atom is 0.272 e. The maximum atomic E-state index is 13.7. The second-order valence-corrected chi connectivity index (χ2v) is 9.51. The number of aromatic nitrogens is 3. The van der Waals surface area contributed by atoms with Crippen molar-refractivity contribution in [3.05, 3.63) is 56.6 Å². The number of pyridine rings is 1. The minimum Gasteiger partial charge on any atom is -0.377 e. The molecule has 3 heterocycles. The van der Waals surface area contributed by atoms with E-state index in [1.165, 1.54) is 4.57 Å². The number of amides is 1. The third-order valence-electron chi connectivity index (χ3n) is 6.36. The molecule has 0 aliphatic carbocycles. The highest BCUT2D eigenvalue weighted by Crippen LogP contribution is 2.32. The van der Waals surface area contributed by atoms with Gasteiger partial charge in [-0.05, 0) is 44.5 Å². The van der Waals surface area contributed by atoms with E-state index in [-0.39, 0.29) is 54.3 Å². The first-order valence-electron chi connectivity index (χ1n) is 11.9. The monoisotopic (exact) mass is 518 g/mol. The van der Waals surface area contributed by atoms with Crippen molar-refractivity contribution in [3.8, 4) is 0 Å². The molecule has 0 saturated carbocycles. The van der Waals surface area contributed by atoms with Gasteiger partial charge in [0, 0.05) is 45.1 Å². The van der Waals surface area contributed by atoms with Crippen LogP contribution < -0.4 is 21.1 Å². The summed E-state index contributed by atoms with van der Waals surface area (Å²) in [6.07, 6.45) is -0.572. The summed E-state index contributed by atoms with van der Waals surface area (Å²) in [6, 6.07) is 6.60. The predicted octanol–water partition coefficient (Wildman–Crippen LogP) is 4.45. The van der Waals surface area contributed by atoms with Gasteiger partial charge in [-0.2, -0.15) is 0 Å². The van der Waals surface area contributed by atoms with Crippen LogP contribution in [-0.2, 0) is 7.05 Å². The average molecular weight is 519 g/mol. The van der Waals surface area contributed by atoms with E-state index in [1.54, 1.807) is 30.1 Å². The number of fused-ring (bicyclic) bond motifs is 1. The molecular weight excluding hydrogens is 490 g/mol. The van der Waals surface area contributed by atoms with Gasteiger partial charge in [0.1, 0.15) is 5.15 Å². The molecule has 1 aliphatic rings. The Morgan fingerprint density at radius 1 is 1.22 bits per heavy atom. The van der Waals surface area contributed by atoms with Crippen molar-refractivity contribution in [1.29, 1.82) is 0 Å². The number of carbonyl (C=O) groups excluding carboxylic acids is 1. The van der Waals surface area contributed by atoms with E-state index in [2.05, 4.69) is 15.6 Å². The Morgan fingerprint density at radius 3 is 2.58 bits per heavy atom. The fourth-order valence-corrected chi connectivity index (χ4v) is 4.62. The van der Waals surface area contributed by atoms with E-state index < -0.39 is 5.92 Å². The molecule has 0 spiro atoms. The van der Waals surface area contributed by atoms with Crippen molar-refractivity contribution in [2.24, 2.45) is 7.05 Å². The van der Waals surface area contributed by atoms with Gasteiger partial charge < -0.3 is 15.5 Å². The van der Waals surface area contributed by atoms with E-state index in [1.807, 2.05) is 26.8 Å². The Kier molecular flexibility index (Phi) is 7.17. The molecule has 2 aromatic heterocycles. The third-order valence-corrected chi connectivity index (χ3v) is 6.57. The number of piperidine rings is 1. The molecule has 0 unspecified atom stereocenters. The van der Waals surface area contributed by atoms with Crippen molar-refractivity contribution < 1.29 is 13.6 Å². The molecule has 1 atom stereocenters. The van der Waals surface area contributed by atoms with Gasteiger partial charge in [-0.1, -0.05) is 17.7 Å². The van der Waals surface area contributed by atoms with Crippen molar-refractivity contribution in [3.63, 3.8) is 0 Å². The minimum absolute atomic E-state index is 0.111. The summed E-state index contributed by atoms with van der Waals surface area (Å²) in [6.45, 7) is 6.25. The summed E-state index contributed by atoms with van der Waals surface area (Å²) in [7, 11) is 1.61. The van der Waals surface area contributed by atoms with Gasteiger partial charge in [-0.15, -0.1) is 0 Å². The van der Waals surface area contributed by atoms with Gasteiger partial charge >= 0.3 is 0 Å². The second-order valence-electron chi connectivity index (χ2n) is 9.12. The van der Waals surface area contributed by atoms with Crippen LogP contribution >= 0.6 is 11.6 Å². The van der Waals surface area contributed by atoms with Gasteiger partial charge in [0.05, 0.1) is 22.6 Å². The lowest BCUT2D eigenvalue weighted by atomic mass is 10.0. The van der Waals surface area contributed by atoms with Crippen LogP contribution in [0.1, 0.15) is 54.3 Å². The highest BCUT2D eigenvalue weighted by Gasteiger charge is 2.35. The fraction of sp³-hybridized carbons (Fsp3) is 0.440. The number of anilines is 2. The predicted molar refractivity (Wildman–Crippen MR) is 137 cm³/mol. The van der Waals surface area contributed by atoms with E-state index >= 15 is 0 Å². The van der Waals surface area contributed by atoms with Crippen LogP contribution in [0.5, 0.6) is 0 Å². The molecule has 0 bridgehead atoms. The van der Waals surface area contributed by atoms with Gasteiger partial charge in [-0.3, -0.25) is 14.2 Å². The first-order valence-corrected chi connectivity index (χ1v) is 12.2. The van der Waals surface area contributed by atoms with Gasteiger partial charge in [0.2, 0.25) is 5.95 Å². The van der Waals surface area contributed by atoms with Crippen LogP contribution in [0.2, 0.25) is 5.15 Å². The number of alkyl halides is 2. The van der Waals surface area contributed by atoms with Crippen molar-refractivity contribution in [2.45, 2.75) is 45.6 Å². The summed E-state index contributed by atoms with van der Waals surface area (Å²) in [5.74, 6) is -2.71. The van der Waals surface area contributed by atoms with Gasteiger partial charge in [0.15, 0.2) is 5.69 Å². The molecule has 4 rings (SSSR count). The minimum atomic E-state index is -2.71. The number of nitrogens with zero attached hydrogens (tertiary/aromatic N) is 4. The SMILES string of the molecule is CCNC(=O)c1nc(Cl)ccc1N[C@H](C)c1cc(C)cc2c(=O)n(C)c(N3CCC(F)(F)CC3)nc12.